The molecule has 24 heavy (non-hydrogen) atoms. The topological polar surface area (TPSA) is 98.5 Å². The Morgan fingerprint density at radius 1 is 1.25 bits per heavy atom. The highest BCUT2D eigenvalue weighted by Crippen LogP contribution is 2.17. The highest BCUT2D eigenvalue weighted by atomic mass is 16.5. The first-order valence-electron chi connectivity index (χ1n) is 7.46. The molecule has 0 aliphatic carbocycles. The highest BCUT2D eigenvalue weighted by molar-refractivity contribution is 6.04. The van der Waals surface area contributed by atoms with Gasteiger partial charge in [-0.2, -0.15) is 0 Å². The second-order valence-electron chi connectivity index (χ2n) is 5.14. The monoisotopic (exact) mass is 330 g/mol. The Kier molecular flexibility index (Phi) is 5.47. The number of benzene rings is 1. The first-order chi connectivity index (χ1) is 11.4. The maximum Gasteiger partial charge on any atom is 0.344 e. The third kappa shape index (κ3) is 3.87. The summed E-state index contributed by atoms with van der Waals surface area (Å²) in [6.07, 6.45) is 0.514. The lowest BCUT2D eigenvalue weighted by molar-refractivity contribution is -0.119. The Morgan fingerprint density at radius 3 is 2.62 bits per heavy atom. The molecule has 0 saturated heterocycles. The van der Waals surface area contributed by atoms with Crippen molar-refractivity contribution >= 4 is 23.3 Å². The SMILES string of the molecule is CCc1noc(C)c1C(=O)OCC(=O)Nc1ccccc1C(C)=O. The second kappa shape index (κ2) is 7.54. The zero-order valence-electron chi connectivity index (χ0n) is 13.7. The summed E-state index contributed by atoms with van der Waals surface area (Å²) in [4.78, 5) is 35.6. The number of ketones is 1. The lowest BCUT2D eigenvalue weighted by Gasteiger charge is -2.09. The number of ether oxygens (including phenoxy) is 1. The van der Waals surface area contributed by atoms with E-state index in [1.54, 1.807) is 31.2 Å². The molecule has 2 rings (SSSR count). The van der Waals surface area contributed by atoms with Crippen molar-refractivity contribution < 1.29 is 23.6 Å². The minimum absolute atomic E-state index is 0.171. The maximum absolute atomic E-state index is 12.1. The van der Waals surface area contributed by atoms with Crippen LogP contribution in [-0.2, 0) is 16.0 Å². The molecule has 126 valence electrons. The Balaban J connectivity index is 2.00. The van der Waals surface area contributed by atoms with Crippen LogP contribution in [0.2, 0.25) is 0 Å². The van der Waals surface area contributed by atoms with Gasteiger partial charge >= 0.3 is 5.97 Å². The van der Waals surface area contributed by atoms with E-state index >= 15 is 0 Å². The van der Waals surface area contributed by atoms with Crippen LogP contribution in [0.4, 0.5) is 5.69 Å². The Hall–Kier alpha value is -2.96. The van der Waals surface area contributed by atoms with Gasteiger partial charge in [-0.05, 0) is 32.4 Å². The predicted molar refractivity (Wildman–Crippen MR) is 86.0 cm³/mol. The predicted octanol–water partition coefficient (Wildman–Crippen LogP) is 2.54. The lowest BCUT2D eigenvalue weighted by Crippen LogP contribution is -2.22. The van der Waals surface area contributed by atoms with E-state index in [2.05, 4.69) is 10.5 Å². The van der Waals surface area contributed by atoms with E-state index in [4.69, 9.17) is 9.26 Å². The van der Waals surface area contributed by atoms with E-state index in [0.717, 1.165) is 0 Å². The van der Waals surface area contributed by atoms with Crippen LogP contribution in [0.25, 0.3) is 0 Å². The van der Waals surface area contributed by atoms with Crippen molar-refractivity contribution in [3.63, 3.8) is 0 Å². The molecular weight excluding hydrogens is 312 g/mol. The van der Waals surface area contributed by atoms with Gasteiger partial charge in [0.25, 0.3) is 5.91 Å². The number of amides is 1. The number of rotatable bonds is 6. The standard InChI is InChI=1S/C17H18N2O5/c1-4-13-16(11(3)24-19-13)17(22)23-9-15(21)18-14-8-6-5-7-12(14)10(2)20/h5-8H,4,9H2,1-3H3,(H,18,21). The van der Waals surface area contributed by atoms with Crippen molar-refractivity contribution in [2.45, 2.75) is 27.2 Å². The summed E-state index contributed by atoms with van der Waals surface area (Å²) in [5.41, 5.74) is 1.50. The molecule has 1 amide bonds. The van der Waals surface area contributed by atoms with Crippen LogP contribution in [-0.4, -0.2) is 29.4 Å². The third-order valence-corrected chi connectivity index (χ3v) is 3.39. The van der Waals surface area contributed by atoms with Crippen molar-refractivity contribution in [1.29, 1.82) is 0 Å². The van der Waals surface area contributed by atoms with Crippen molar-refractivity contribution in [3.05, 3.63) is 46.8 Å². The molecule has 0 fully saturated rings. The zero-order chi connectivity index (χ0) is 17.7. The van der Waals surface area contributed by atoms with Gasteiger partial charge in [-0.15, -0.1) is 0 Å². The van der Waals surface area contributed by atoms with Crippen LogP contribution in [0.1, 0.15) is 46.0 Å². The molecule has 0 radical (unpaired) electrons. The summed E-state index contributed by atoms with van der Waals surface area (Å²) in [7, 11) is 0. The number of aromatic nitrogens is 1. The number of para-hydroxylation sites is 1. The molecule has 1 aromatic carbocycles. The zero-order valence-corrected chi connectivity index (χ0v) is 13.7. The molecule has 1 aromatic heterocycles. The van der Waals surface area contributed by atoms with Gasteiger partial charge in [-0.25, -0.2) is 4.79 Å². The molecule has 0 aliphatic rings. The van der Waals surface area contributed by atoms with Gasteiger partial charge in [0.15, 0.2) is 12.4 Å². The van der Waals surface area contributed by atoms with Crippen LogP contribution in [0, 0.1) is 6.92 Å². The van der Waals surface area contributed by atoms with E-state index in [-0.39, 0.29) is 11.3 Å². The first-order valence-corrected chi connectivity index (χ1v) is 7.46. The second-order valence-corrected chi connectivity index (χ2v) is 5.14. The maximum atomic E-state index is 12.1. The largest absolute Gasteiger partial charge is 0.452 e. The molecular formula is C17H18N2O5. The van der Waals surface area contributed by atoms with E-state index in [0.29, 0.717) is 29.1 Å². The van der Waals surface area contributed by atoms with Crippen LogP contribution < -0.4 is 5.32 Å². The summed E-state index contributed by atoms with van der Waals surface area (Å²) >= 11 is 0. The molecule has 0 atom stereocenters. The molecule has 7 nitrogen and oxygen atoms in total. The van der Waals surface area contributed by atoms with Gasteiger partial charge in [0, 0.05) is 5.56 Å². The van der Waals surface area contributed by atoms with Crippen LogP contribution >= 0.6 is 0 Å². The average molecular weight is 330 g/mol. The number of carbonyl (C=O) groups is 3. The summed E-state index contributed by atoms with van der Waals surface area (Å²) < 4.78 is 9.97. The molecule has 0 spiro atoms. The molecule has 1 heterocycles. The fraction of sp³-hybridized carbons (Fsp3) is 0.294. The Labute approximate surface area is 139 Å². The minimum Gasteiger partial charge on any atom is -0.452 e. The fourth-order valence-corrected chi connectivity index (χ4v) is 2.21. The number of esters is 1. The van der Waals surface area contributed by atoms with E-state index in [1.165, 1.54) is 6.92 Å². The summed E-state index contributed by atoms with van der Waals surface area (Å²) in [5, 5.41) is 6.33. The first kappa shape index (κ1) is 17.4. The number of hydrogen-bond acceptors (Lipinski definition) is 6. The van der Waals surface area contributed by atoms with Crippen molar-refractivity contribution in [1.82, 2.24) is 5.16 Å². The normalized spacial score (nSPS) is 10.3. The van der Waals surface area contributed by atoms with E-state index in [9.17, 15) is 14.4 Å². The lowest BCUT2D eigenvalue weighted by atomic mass is 10.1. The smallest absolute Gasteiger partial charge is 0.344 e. The molecule has 0 aliphatic heterocycles. The van der Waals surface area contributed by atoms with E-state index < -0.39 is 18.5 Å². The number of aryl methyl sites for hydroxylation is 2. The Morgan fingerprint density at radius 2 is 1.96 bits per heavy atom. The number of nitrogens with one attached hydrogen (secondary N) is 1. The van der Waals surface area contributed by atoms with Crippen LogP contribution in [0.5, 0.6) is 0 Å². The molecule has 0 saturated carbocycles. The van der Waals surface area contributed by atoms with Gasteiger partial charge in [-0.1, -0.05) is 24.2 Å². The fourth-order valence-electron chi connectivity index (χ4n) is 2.21. The molecule has 7 heteroatoms. The molecule has 0 unspecified atom stereocenters. The number of nitrogens with zero attached hydrogens (tertiary/aromatic N) is 1. The van der Waals surface area contributed by atoms with Gasteiger partial charge in [-0.3, -0.25) is 9.59 Å². The number of anilines is 1. The van der Waals surface area contributed by atoms with E-state index in [1.807, 2.05) is 6.92 Å². The minimum atomic E-state index is -0.666. The van der Waals surface area contributed by atoms with Crippen molar-refractivity contribution in [2.75, 3.05) is 11.9 Å². The summed E-state index contributed by atoms with van der Waals surface area (Å²) in [6, 6.07) is 6.61. The van der Waals surface area contributed by atoms with Gasteiger partial charge in [0.1, 0.15) is 11.3 Å². The highest BCUT2D eigenvalue weighted by Gasteiger charge is 2.21. The molecule has 2 aromatic rings. The van der Waals surface area contributed by atoms with Crippen LogP contribution in [0.15, 0.2) is 28.8 Å². The number of hydrogen-bond donors (Lipinski definition) is 1. The number of Topliss-reactive ketones (excluding diaryl/α,β-unsaturated/α-hetero) is 1. The van der Waals surface area contributed by atoms with Gasteiger partial charge < -0.3 is 14.6 Å². The third-order valence-electron chi connectivity index (χ3n) is 3.39. The molecule has 0 bridgehead atoms. The van der Waals surface area contributed by atoms with Gasteiger partial charge in [0.05, 0.1) is 11.4 Å². The Bertz CT molecular complexity index is 779. The van der Waals surface area contributed by atoms with Crippen LogP contribution in [0.3, 0.4) is 0 Å². The molecule has 1 N–H and O–H groups in total. The summed E-state index contributed by atoms with van der Waals surface area (Å²) in [6.45, 7) is 4.37. The number of carbonyl (C=O) groups excluding carboxylic acids is 3. The van der Waals surface area contributed by atoms with Gasteiger partial charge in [0.2, 0.25) is 0 Å². The quantitative estimate of drug-likeness (QED) is 0.645. The van der Waals surface area contributed by atoms with Crippen molar-refractivity contribution in [3.8, 4) is 0 Å². The summed E-state index contributed by atoms with van der Waals surface area (Å²) in [5.74, 6) is -1.03. The van der Waals surface area contributed by atoms with Crippen molar-refractivity contribution in [2.24, 2.45) is 0 Å². The average Bonchev–Trinajstić information content (AvgIpc) is 2.93.